The predicted molar refractivity (Wildman–Crippen MR) is 84.4 cm³/mol. The molecule has 0 saturated carbocycles. The fraction of sp³-hybridized carbons (Fsp3) is 0.647. The largest absolute Gasteiger partial charge is 0.347 e. The van der Waals surface area contributed by atoms with Crippen molar-refractivity contribution in [3.8, 4) is 0 Å². The summed E-state index contributed by atoms with van der Waals surface area (Å²) in [6.07, 6.45) is 5.17. The van der Waals surface area contributed by atoms with Crippen LogP contribution in [0.1, 0.15) is 36.7 Å². The summed E-state index contributed by atoms with van der Waals surface area (Å²) in [5.74, 6) is 1.58. The first-order valence-corrected chi connectivity index (χ1v) is 8.22. The monoisotopic (exact) mass is 303 g/mol. The van der Waals surface area contributed by atoms with Crippen molar-refractivity contribution in [1.82, 2.24) is 14.4 Å². The number of amides is 2. The lowest BCUT2D eigenvalue weighted by molar-refractivity contribution is -0.130. The van der Waals surface area contributed by atoms with E-state index in [1.165, 1.54) is 0 Å². The van der Waals surface area contributed by atoms with Gasteiger partial charge in [-0.15, -0.1) is 0 Å². The van der Waals surface area contributed by atoms with Crippen molar-refractivity contribution in [2.45, 2.75) is 26.2 Å². The minimum Gasteiger partial charge on any atom is -0.347 e. The van der Waals surface area contributed by atoms with Crippen LogP contribution in [0, 0.1) is 11.8 Å². The topological polar surface area (TPSA) is 45.6 Å². The van der Waals surface area contributed by atoms with Gasteiger partial charge in [0.25, 0.3) is 5.91 Å². The number of likely N-dealkylation sites (tertiary alicyclic amines) is 2. The number of aryl methyl sites for hydroxylation is 1. The van der Waals surface area contributed by atoms with Crippen LogP contribution in [0.4, 0.5) is 0 Å². The fourth-order valence-corrected chi connectivity index (χ4v) is 3.89. The van der Waals surface area contributed by atoms with E-state index in [-0.39, 0.29) is 11.8 Å². The maximum Gasteiger partial charge on any atom is 0.270 e. The Hall–Kier alpha value is -1.78. The van der Waals surface area contributed by atoms with Crippen molar-refractivity contribution in [3.05, 3.63) is 24.0 Å². The molecule has 0 radical (unpaired) electrons. The average molecular weight is 303 g/mol. The molecular weight excluding hydrogens is 278 g/mol. The summed E-state index contributed by atoms with van der Waals surface area (Å²) in [6, 6.07) is 3.80. The highest BCUT2D eigenvalue weighted by Crippen LogP contribution is 2.32. The van der Waals surface area contributed by atoms with Crippen LogP contribution < -0.4 is 0 Å². The SMILES string of the molecule is CC(=O)N1CCC(C2CCN(C(=O)c3cccn3C)C2)CC1. The summed E-state index contributed by atoms with van der Waals surface area (Å²) in [5.41, 5.74) is 0.770. The second-order valence-corrected chi connectivity index (χ2v) is 6.65. The van der Waals surface area contributed by atoms with Crippen LogP contribution in [-0.2, 0) is 11.8 Å². The highest BCUT2D eigenvalue weighted by molar-refractivity contribution is 5.92. The van der Waals surface area contributed by atoms with Crippen molar-refractivity contribution >= 4 is 11.8 Å². The summed E-state index contributed by atoms with van der Waals surface area (Å²) in [5, 5.41) is 0. The Kier molecular flexibility index (Phi) is 4.23. The van der Waals surface area contributed by atoms with E-state index in [4.69, 9.17) is 0 Å². The van der Waals surface area contributed by atoms with Crippen LogP contribution in [-0.4, -0.2) is 52.4 Å². The molecule has 0 aromatic carbocycles. The molecule has 1 atom stereocenters. The van der Waals surface area contributed by atoms with Gasteiger partial charge in [0, 0.05) is 46.3 Å². The van der Waals surface area contributed by atoms with E-state index in [2.05, 4.69) is 0 Å². The quantitative estimate of drug-likeness (QED) is 0.835. The Morgan fingerprint density at radius 3 is 2.27 bits per heavy atom. The number of hydrogen-bond acceptors (Lipinski definition) is 2. The van der Waals surface area contributed by atoms with Crippen molar-refractivity contribution < 1.29 is 9.59 Å². The third kappa shape index (κ3) is 2.89. The molecule has 120 valence electrons. The van der Waals surface area contributed by atoms with Gasteiger partial charge in [0.15, 0.2) is 0 Å². The zero-order chi connectivity index (χ0) is 15.7. The van der Waals surface area contributed by atoms with E-state index in [1.54, 1.807) is 6.92 Å². The standard InChI is InChI=1S/C17H25N3O2/c1-13(21)19-9-5-14(6-10-19)15-7-11-20(12-15)17(22)16-4-3-8-18(16)2/h3-4,8,14-15H,5-7,9-12H2,1-2H3. The van der Waals surface area contributed by atoms with Crippen molar-refractivity contribution in [3.63, 3.8) is 0 Å². The molecule has 1 aromatic heterocycles. The van der Waals surface area contributed by atoms with Gasteiger partial charge in [-0.25, -0.2) is 0 Å². The molecule has 2 amide bonds. The lowest BCUT2D eigenvalue weighted by Crippen LogP contribution is -2.39. The molecule has 2 aliphatic heterocycles. The van der Waals surface area contributed by atoms with Gasteiger partial charge in [-0.3, -0.25) is 9.59 Å². The summed E-state index contributed by atoms with van der Waals surface area (Å²) in [4.78, 5) is 27.9. The van der Waals surface area contributed by atoms with Gasteiger partial charge in [-0.2, -0.15) is 0 Å². The first-order chi connectivity index (χ1) is 10.6. The molecule has 3 heterocycles. The van der Waals surface area contributed by atoms with E-state index >= 15 is 0 Å². The summed E-state index contributed by atoms with van der Waals surface area (Å²) in [7, 11) is 1.91. The number of aromatic nitrogens is 1. The van der Waals surface area contributed by atoms with Crippen LogP contribution in [0.15, 0.2) is 18.3 Å². The van der Waals surface area contributed by atoms with Gasteiger partial charge in [-0.1, -0.05) is 0 Å². The van der Waals surface area contributed by atoms with Crippen molar-refractivity contribution in [2.24, 2.45) is 18.9 Å². The zero-order valence-corrected chi connectivity index (χ0v) is 13.5. The molecule has 5 nitrogen and oxygen atoms in total. The fourth-order valence-electron chi connectivity index (χ4n) is 3.89. The Labute approximate surface area is 131 Å². The van der Waals surface area contributed by atoms with Crippen LogP contribution in [0.2, 0.25) is 0 Å². The third-order valence-electron chi connectivity index (χ3n) is 5.33. The maximum atomic E-state index is 12.6. The maximum absolute atomic E-state index is 12.6. The number of carbonyl (C=O) groups is 2. The molecular formula is C17H25N3O2. The molecule has 0 bridgehead atoms. The minimum absolute atomic E-state index is 0.149. The Bertz CT molecular complexity index is 558. The molecule has 2 aliphatic rings. The van der Waals surface area contributed by atoms with E-state index in [0.29, 0.717) is 11.8 Å². The lowest BCUT2D eigenvalue weighted by Gasteiger charge is -2.34. The molecule has 5 heteroatoms. The van der Waals surface area contributed by atoms with Gasteiger partial charge in [0.2, 0.25) is 5.91 Å². The summed E-state index contributed by atoms with van der Waals surface area (Å²) >= 11 is 0. The molecule has 2 fully saturated rings. The summed E-state index contributed by atoms with van der Waals surface area (Å²) < 4.78 is 1.89. The van der Waals surface area contributed by atoms with Crippen LogP contribution in [0.3, 0.4) is 0 Å². The van der Waals surface area contributed by atoms with E-state index in [9.17, 15) is 9.59 Å². The average Bonchev–Trinajstić information content (AvgIpc) is 3.15. The highest BCUT2D eigenvalue weighted by Gasteiger charge is 2.34. The second-order valence-electron chi connectivity index (χ2n) is 6.65. The number of hydrogen-bond donors (Lipinski definition) is 0. The van der Waals surface area contributed by atoms with Crippen molar-refractivity contribution in [2.75, 3.05) is 26.2 Å². The second kappa shape index (κ2) is 6.15. The van der Waals surface area contributed by atoms with Gasteiger partial charge < -0.3 is 14.4 Å². The van der Waals surface area contributed by atoms with Gasteiger partial charge >= 0.3 is 0 Å². The van der Waals surface area contributed by atoms with Crippen molar-refractivity contribution in [1.29, 1.82) is 0 Å². The molecule has 0 spiro atoms. The Balaban J connectivity index is 1.56. The van der Waals surface area contributed by atoms with Crippen LogP contribution in [0.25, 0.3) is 0 Å². The van der Waals surface area contributed by atoms with E-state index in [1.807, 2.05) is 39.7 Å². The number of rotatable bonds is 2. The van der Waals surface area contributed by atoms with E-state index in [0.717, 1.165) is 51.1 Å². The van der Waals surface area contributed by atoms with Gasteiger partial charge in [-0.05, 0) is 43.2 Å². The highest BCUT2D eigenvalue weighted by atomic mass is 16.2. The Morgan fingerprint density at radius 2 is 1.68 bits per heavy atom. The lowest BCUT2D eigenvalue weighted by atomic mass is 9.84. The molecule has 3 rings (SSSR count). The molecule has 1 aromatic rings. The first-order valence-electron chi connectivity index (χ1n) is 8.22. The van der Waals surface area contributed by atoms with Gasteiger partial charge in [0.05, 0.1) is 0 Å². The smallest absolute Gasteiger partial charge is 0.270 e. The normalized spacial score (nSPS) is 23.1. The Morgan fingerprint density at radius 1 is 1.05 bits per heavy atom. The molecule has 1 unspecified atom stereocenters. The van der Waals surface area contributed by atoms with E-state index < -0.39 is 0 Å². The number of nitrogens with zero attached hydrogens (tertiary/aromatic N) is 3. The minimum atomic E-state index is 0.149. The molecule has 0 N–H and O–H groups in total. The van der Waals surface area contributed by atoms with Crippen LogP contribution in [0.5, 0.6) is 0 Å². The van der Waals surface area contributed by atoms with Gasteiger partial charge in [0.1, 0.15) is 5.69 Å². The third-order valence-corrected chi connectivity index (χ3v) is 5.33. The predicted octanol–water partition coefficient (Wildman–Crippen LogP) is 1.75. The first kappa shape index (κ1) is 15.1. The number of carbonyl (C=O) groups excluding carboxylic acids is 2. The zero-order valence-electron chi connectivity index (χ0n) is 13.5. The molecule has 0 aliphatic carbocycles. The molecule has 22 heavy (non-hydrogen) atoms. The van der Waals surface area contributed by atoms with Crippen LogP contribution >= 0.6 is 0 Å². The number of piperidine rings is 1. The molecule has 2 saturated heterocycles. The summed E-state index contributed by atoms with van der Waals surface area (Å²) in [6.45, 7) is 5.14.